The molecule has 1 aliphatic heterocycles. The number of carbonyl (C=O) groups is 1. The number of nitrogens with zero attached hydrogens (tertiary/aromatic N) is 1. The predicted molar refractivity (Wildman–Crippen MR) is 112 cm³/mol. The van der Waals surface area contributed by atoms with E-state index in [2.05, 4.69) is 5.32 Å². The Morgan fingerprint density at radius 2 is 1.53 bits per heavy atom. The zero-order valence-corrected chi connectivity index (χ0v) is 17.2. The number of benzene rings is 3. The monoisotopic (exact) mass is 424 g/mol. The van der Waals surface area contributed by atoms with Crippen LogP contribution in [0.1, 0.15) is 17.2 Å². The van der Waals surface area contributed by atoms with Gasteiger partial charge in [0.2, 0.25) is 0 Å². The van der Waals surface area contributed by atoms with E-state index in [0.717, 1.165) is 4.31 Å². The van der Waals surface area contributed by atoms with Crippen molar-refractivity contribution >= 4 is 21.7 Å². The molecule has 1 atom stereocenters. The van der Waals surface area contributed by atoms with Crippen LogP contribution in [0.2, 0.25) is 0 Å². The van der Waals surface area contributed by atoms with Gasteiger partial charge < -0.3 is 14.8 Å². The minimum atomic E-state index is -4.22. The third-order valence-corrected chi connectivity index (χ3v) is 6.70. The number of methoxy groups -OCH3 is 2. The predicted octanol–water partition coefficient (Wildman–Crippen LogP) is 4.03. The molecule has 3 aromatic rings. The summed E-state index contributed by atoms with van der Waals surface area (Å²) >= 11 is 0. The van der Waals surface area contributed by atoms with Crippen molar-refractivity contribution < 1.29 is 22.7 Å². The second kappa shape index (κ2) is 7.72. The average Bonchev–Trinajstić information content (AvgIpc) is 2.78. The number of amides is 2. The second-order valence-corrected chi connectivity index (χ2v) is 8.46. The molecule has 0 radical (unpaired) electrons. The summed E-state index contributed by atoms with van der Waals surface area (Å²) in [5, 5.41) is 2.69. The van der Waals surface area contributed by atoms with E-state index in [1.807, 2.05) is 30.3 Å². The Labute approximate surface area is 174 Å². The third kappa shape index (κ3) is 3.25. The smallest absolute Gasteiger partial charge is 0.336 e. The van der Waals surface area contributed by atoms with Crippen molar-refractivity contribution in [2.24, 2.45) is 0 Å². The van der Waals surface area contributed by atoms with Crippen LogP contribution in [-0.4, -0.2) is 33.0 Å². The van der Waals surface area contributed by atoms with E-state index >= 15 is 0 Å². The van der Waals surface area contributed by atoms with Gasteiger partial charge in [-0.3, -0.25) is 0 Å². The lowest BCUT2D eigenvalue weighted by Gasteiger charge is -2.36. The van der Waals surface area contributed by atoms with Crippen molar-refractivity contribution in [1.82, 2.24) is 4.31 Å². The van der Waals surface area contributed by atoms with Crippen molar-refractivity contribution in [1.29, 1.82) is 0 Å². The van der Waals surface area contributed by atoms with E-state index in [1.54, 1.807) is 24.3 Å². The van der Waals surface area contributed by atoms with Crippen LogP contribution in [0.5, 0.6) is 11.5 Å². The molecule has 0 saturated heterocycles. The van der Waals surface area contributed by atoms with Crippen LogP contribution in [0.25, 0.3) is 0 Å². The largest absolute Gasteiger partial charge is 0.493 e. The van der Waals surface area contributed by atoms with E-state index in [0.29, 0.717) is 22.6 Å². The summed E-state index contributed by atoms with van der Waals surface area (Å²) < 4.78 is 38.6. The van der Waals surface area contributed by atoms with Gasteiger partial charge >= 0.3 is 6.03 Å². The van der Waals surface area contributed by atoms with Crippen LogP contribution >= 0.6 is 0 Å². The highest BCUT2D eigenvalue weighted by Gasteiger charge is 2.42. The Morgan fingerprint density at radius 3 is 2.23 bits per heavy atom. The lowest BCUT2D eigenvalue weighted by Crippen LogP contribution is -2.46. The number of ether oxygens (including phenoxy) is 2. The van der Waals surface area contributed by atoms with E-state index in [-0.39, 0.29) is 10.6 Å². The summed E-state index contributed by atoms with van der Waals surface area (Å²) in [5.41, 5.74) is 1.95. The number of para-hydroxylation sites is 1. The maximum absolute atomic E-state index is 13.6. The van der Waals surface area contributed by atoms with Crippen LogP contribution in [0, 0.1) is 0 Å². The number of sulfonamides is 1. The van der Waals surface area contributed by atoms with Gasteiger partial charge in [0.1, 0.15) is 6.04 Å². The first-order valence-electron chi connectivity index (χ1n) is 9.18. The molecule has 2 amide bonds. The summed E-state index contributed by atoms with van der Waals surface area (Å²) in [6.45, 7) is 0. The summed E-state index contributed by atoms with van der Waals surface area (Å²) in [6, 6.07) is 18.9. The number of hydrogen-bond acceptors (Lipinski definition) is 5. The van der Waals surface area contributed by atoms with Crippen molar-refractivity contribution in [2.45, 2.75) is 10.9 Å². The van der Waals surface area contributed by atoms with E-state index in [4.69, 9.17) is 9.47 Å². The van der Waals surface area contributed by atoms with E-state index < -0.39 is 22.1 Å². The maximum Gasteiger partial charge on any atom is 0.336 e. The first kappa shape index (κ1) is 19.8. The number of urea groups is 1. The second-order valence-electron chi connectivity index (χ2n) is 6.65. The van der Waals surface area contributed by atoms with Gasteiger partial charge in [-0.1, -0.05) is 48.5 Å². The zero-order chi connectivity index (χ0) is 21.3. The van der Waals surface area contributed by atoms with Gasteiger partial charge in [-0.05, 0) is 23.8 Å². The number of fused-ring (bicyclic) bond motifs is 1. The van der Waals surface area contributed by atoms with Crippen LogP contribution in [0.3, 0.4) is 0 Å². The fourth-order valence-corrected chi connectivity index (χ4v) is 5.05. The van der Waals surface area contributed by atoms with Gasteiger partial charge in [0.15, 0.2) is 11.5 Å². The van der Waals surface area contributed by atoms with Crippen LogP contribution in [0.4, 0.5) is 10.5 Å². The highest BCUT2D eigenvalue weighted by atomic mass is 32.2. The SMILES string of the molecule is COc1ccc(S(=O)(=O)N2C(=O)Nc3ccccc3C2c2ccccc2)cc1OC. The molecule has 0 bridgehead atoms. The van der Waals surface area contributed by atoms with E-state index in [1.165, 1.54) is 32.4 Å². The molecule has 8 heteroatoms. The number of rotatable bonds is 5. The fraction of sp³-hybridized carbons (Fsp3) is 0.136. The molecule has 1 aliphatic rings. The molecule has 7 nitrogen and oxygen atoms in total. The Hall–Kier alpha value is -3.52. The molecule has 0 aliphatic carbocycles. The topological polar surface area (TPSA) is 84.9 Å². The molecule has 0 aromatic heterocycles. The van der Waals surface area contributed by atoms with Crippen LogP contribution < -0.4 is 14.8 Å². The number of nitrogens with one attached hydrogen (secondary N) is 1. The molecular formula is C22H20N2O5S. The first-order valence-corrected chi connectivity index (χ1v) is 10.6. The normalized spacial score (nSPS) is 15.9. The van der Waals surface area contributed by atoms with Crippen LogP contribution in [-0.2, 0) is 10.0 Å². The third-order valence-electron chi connectivity index (χ3n) is 4.96. The molecule has 30 heavy (non-hydrogen) atoms. The van der Waals surface area contributed by atoms with Crippen molar-refractivity contribution in [3.8, 4) is 11.5 Å². The van der Waals surface area contributed by atoms with Crippen molar-refractivity contribution in [3.63, 3.8) is 0 Å². The number of anilines is 1. The zero-order valence-electron chi connectivity index (χ0n) is 16.4. The minimum Gasteiger partial charge on any atom is -0.493 e. The average molecular weight is 424 g/mol. The van der Waals surface area contributed by atoms with Crippen molar-refractivity contribution in [3.05, 3.63) is 83.9 Å². The number of carbonyl (C=O) groups excluding carboxylic acids is 1. The molecule has 154 valence electrons. The van der Waals surface area contributed by atoms with Gasteiger partial charge in [0.25, 0.3) is 10.0 Å². The molecule has 1 N–H and O–H groups in total. The Balaban J connectivity index is 1.90. The highest BCUT2D eigenvalue weighted by Crippen LogP contribution is 2.41. The van der Waals surface area contributed by atoms with Crippen LogP contribution in [0.15, 0.2) is 77.7 Å². The first-order chi connectivity index (χ1) is 14.5. The molecule has 4 rings (SSSR count). The molecule has 3 aromatic carbocycles. The van der Waals surface area contributed by atoms with E-state index in [9.17, 15) is 13.2 Å². The summed E-state index contributed by atoms with van der Waals surface area (Å²) in [5.74, 6) is 0.650. The lowest BCUT2D eigenvalue weighted by atomic mass is 9.96. The minimum absolute atomic E-state index is 0.0735. The van der Waals surface area contributed by atoms with Gasteiger partial charge in [-0.25, -0.2) is 17.5 Å². The fourth-order valence-electron chi connectivity index (χ4n) is 3.55. The standard InChI is InChI=1S/C22H20N2O5S/c1-28-19-13-12-16(14-20(19)29-2)30(26,27)24-21(15-8-4-3-5-9-15)17-10-6-7-11-18(17)23-22(24)25/h3-14,21H,1-2H3,(H,23,25). The van der Waals surface area contributed by atoms with Crippen molar-refractivity contribution in [2.75, 3.05) is 19.5 Å². The Kier molecular flexibility index (Phi) is 5.09. The lowest BCUT2D eigenvalue weighted by molar-refractivity contribution is 0.227. The number of hydrogen-bond donors (Lipinski definition) is 1. The summed E-state index contributed by atoms with van der Waals surface area (Å²) in [6.07, 6.45) is 0. The molecular weight excluding hydrogens is 404 g/mol. The highest BCUT2D eigenvalue weighted by molar-refractivity contribution is 7.89. The van der Waals surface area contributed by atoms with Gasteiger partial charge in [-0.15, -0.1) is 0 Å². The van der Waals surface area contributed by atoms with Gasteiger partial charge in [0, 0.05) is 17.3 Å². The molecule has 0 saturated carbocycles. The van der Waals surface area contributed by atoms with Gasteiger partial charge in [0.05, 0.1) is 19.1 Å². The molecule has 0 spiro atoms. The summed E-state index contributed by atoms with van der Waals surface area (Å²) in [4.78, 5) is 12.9. The Morgan fingerprint density at radius 1 is 0.867 bits per heavy atom. The maximum atomic E-state index is 13.6. The Bertz CT molecular complexity index is 1200. The molecule has 1 unspecified atom stereocenters. The summed E-state index contributed by atoms with van der Waals surface area (Å²) in [7, 11) is -1.34. The quantitative estimate of drug-likeness (QED) is 0.668. The van der Waals surface area contributed by atoms with Gasteiger partial charge in [-0.2, -0.15) is 0 Å². The molecule has 0 fully saturated rings. The molecule has 1 heterocycles.